The van der Waals surface area contributed by atoms with Crippen molar-refractivity contribution >= 4 is 34.7 Å². The Kier molecular flexibility index (Phi) is 8.01. The monoisotopic (exact) mass is 442 g/mol. The number of allylic oxidation sites excluding steroid dienone is 1. The van der Waals surface area contributed by atoms with Crippen LogP contribution in [0.15, 0.2) is 96.1 Å². The zero-order valence-electron chi connectivity index (χ0n) is 17.8. The van der Waals surface area contributed by atoms with Gasteiger partial charge in [0.1, 0.15) is 0 Å². The van der Waals surface area contributed by atoms with Gasteiger partial charge in [0.2, 0.25) is 0 Å². The molecule has 0 saturated heterocycles. The summed E-state index contributed by atoms with van der Waals surface area (Å²) in [6.45, 7) is 5.21. The van der Waals surface area contributed by atoms with Crippen molar-refractivity contribution in [2.24, 2.45) is 5.11 Å². The van der Waals surface area contributed by atoms with Crippen LogP contribution in [0.25, 0.3) is 22.1 Å². The number of halogens is 1. The van der Waals surface area contributed by atoms with Gasteiger partial charge in [-0.15, -0.1) is 0 Å². The van der Waals surface area contributed by atoms with Gasteiger partial charge in [-0.05, 0) is 47.5 Å². The summed E-state index contributed by atoms with van der Waals surface area (Å²) in [5, 5.41) is 4.22. The van der Waals surface area contributed by atoms with Gasteiger partial charge in [-0.3, -0.25) is 9.69 Å². The number of hydrogen-bond donors (Lipinski definition) is 0. The molecular weight excluding hydrogens is 420 g/mol. The molecule has 3 aromatic carbocycles. The number of Topliss-reactive ketones (excluding diaryl/α,β-unsaturated/α-hetero) is 1. The van der Waals surface area contributed by atoms with E-state index in [1.54, 1.807) is 36.4 Å². The van der Waals surface area contributed by atoms with Crippen LogP contribution in [0.4, 0.5) is 5.69 Å². The van der Waals surface area contributed by atoms with Gasteiger partial charge in [0.15, 0.2) is 5.78 Å². The lowest BCUT2D eigenvalue weighted by Gasteiger charge is -2.18. The summed E-state index contributed by atoms with van der Waals surface area (Å²) < 4.78 is 0. The number of azide groups is 1. The van der Waals surface area contributed by atoms with Crippen LogP contribution in [0.1, 0.15) is 16.7 Å². The Hall–Kier alpha value is -3.63. The minimum atomic E-state index is -0.142. The van der Waals surface area contributed by atoms with Crippen molar-refractivity contribution in [1.82, 2.24) is 4.90 Å². The Balaban J connectivity index is 1.86. The molecule has 0 spiro atoms. The van der Waals surface area contributed by atoms with Gasteiger partial charge in [0.05, 0.1) is 0 Å². The average molecular weight is 443 g/mol. The first-order valence-electron chi connectivity index (χ1n) is 10.0. The number of nitrogens with zero attached hydrogens (tertiary/aromatic N) is 4. The van der Waals surface area contributed by atoms with E-state index in [1.165, 1.54) is 5.56 Å². The molecule has 6 heteroatoms. The second-order valence-electron chi connectivity index (χ2n) is 7.44. The Morgan fingerprint density at radius 3 is 2.34 bits per heavy atom. The maximum atomic E-state index is 13.4. The summed E-state index contributed by atoms with van der Waals surface area (Å²) in [5.74, 6) is -0.142. The lowest BCUT2D eigenvalue weighted by atomic mass is 9.94. The Labute approximate surface area is 192 Å². The lowest BCUT2D eigenvalue weighted by molar-refractivity contribution is -0.110. The predicted octanol–water partition coefficient (Wildman–Crippen LogP) is 7.08. The first kappa shape index (κ1) is 23.0. The van der Waals surface area contributed by atoms with Gasteiger partial charge in [0, 0.05) is 39.9 Å². The van der Waals surface area contributed by atoms with Crippen LogP contribution < -0.4 is 0 Å². The maximum Gasteiger partial charge on any atom is 0.190 e. The van der Waals surface area contributed by atoms with Crippen molar-refractivity contribution in [1.29, 1.82) is 0 Å². The summed E-state index contributed by atoms with van der Waals surface area (Å²) >= 11 is 6.00. The van der Waals surface area contributed by atoms with E-state index in [1.807, 2.05) is 43.5 Å². The highest BCUT2D eigenvalue weighted by atomic mass is 35.5. The predicted molar refractivity (Wildman–Crippen MR) is 131 cm³/mol. The number of rotatable bonds is 9. The average Bonchev–Trinajstić information content (AvgIpc) is 2.79. The molecule has 32 heavy (non-hydrogen) atoms. The Bertz CT molecular complexity index is 1160. The largest absolute Gasteiger partial charge is 0.298 e. The third kappa shape index (κ3) is 6.43. The smallest absolute Gasteiger partial charge is 0.190 e. The van der Waals surface area contributed by atoms with Gasteiger partial charge in [0.25, 0.3) is 0 Å². The normalized spacial score (nSPS) is 11.2. The second kappa shape index (κ2) is 11.1. The topological polar surface area (TPSA) is 69.1 Å². The summed E-state index contributed by atoms with van der Waals surface area (Å²) in [6, 6.07) is 24.3. The molecule has 0 bridgehead atoms. The van der Waals surface area contributed by atoms with Crippen LogP contribution in [-0.4, -0.2) is 24.3 Å². The molecular formula is C26H23ClN4O. The molecule has 160 valence electrons. The molecule has 0 aromatic heterocycles. The zero-order chi connectivity index (χ0) is 22.9. The molecule has 3 rings (SSSR count). The molecule has 0 amide bonds. The molecule has 0 heterocycles. The van der Waals surface area contributed by atoms with Crippen molar-refractivity contribution in [3.63, 3.8) is 0 Å². The van der Waals surface area contributed by atoms with E-state index in [9.17, 15) is 4.79 Å². The molecule has 0 N–H and O–H groups in total. The molecule has 0 fully saturated rings. The van der Waals surface area contributed by atoms with Crippen molar-refractivity contribution in [3.05, 3.63) is 123 Å². The highest BCUT2D eigenvalue weighted by molar-refractivity contribution is 6.32. The number of carbonyl (C=O) groups is 1. The van der Waals surface area contributed by atoms with E-state index in [4.69, 9.17) is 17.1 Å². The number of carbonyl (C=O) groups excluding carboxylic acids is 1. The minimum absolute atomic E-state index is 0.142. The van der Waals surface area contributed by atoms with Crippen LogP contribution in [0.2, 0.25) is 5.02 Å². The first-order valence-corrected chi connectivity index (χ1v) is 10.4. The van der Waals surface area contributed by atoms with E-state index >= 15 is 0 Å². The number of hydrogen-bond acceptors (Lipinski definition) is 3. The number of ketones is 1. The maximum absolute atomic E-state index is 13.4. The third-order valence-corrected chi connectivity index (χ3v) is 5.09. The quantitative estimate of drug-likeness (QED) is 0.117. The molecule has 0 unspecified atom stereocenters. The van der Waals surface area contributed by atoms with E-state index in [-0.39, 0.29) is 5.78 Å². The van der Waals surface area contributed by atoms with Crippen LogP contribution in [-0.2, 0) is 11.3 Å². The summed E-state index contributed by atoms with van der Waals surface area (Å²) in [5.41, 5.74) is 12.8. The summed E-state index contributed by atoms with van der Waals surface area (Å²) in [7, 11) is 1.96. The fourth-order valence-electron chi connectivity index (χ4n) is 3.30. The van der Waals surface area contributed by atoms with E-state index in [2.05, 4.69) is 33.6 Å². The Morgan fingerprint density at radius 2 is 1.72 bits per heavy atom. The lowest BCUT2D eigenvalue weighted by Crippen LogP contribution is -2.23. The molecule has 0 aliphatic carbocycles. The summed E-state index contributed by atoms with van der Waals surface area (Å²) in [6.07, 6.45) is 1.82. The molecule has 0 aliphatic heterocycles. The number of likely N-dealkylation sites (N-methyl/N-ethyl adjacent to an activating group) is 1. The molecule has 3 aromatic rings. The van der Waals surface area contributed by atoms with E-state index in [0.717, 1.165) is 5.56 Å². The highest BCUT2D eigenvalue weighted by Gasteiger charge is 2.17. The van der Waals surface area contributed by atoms with Crippen LogP contribution >= 0.6 is 11.6 Å². The molecule has 0 radical (unpaired) electrons. The van der Waals surface area contributed by atoms with Gasteiger partial charge < -0.3 is 0 Å². The van der Waals surface area contributed by atoms with E-state index in [0.29, 0.717) is 40.5 Å². The fraction of sp³-hybridized carbons (Fsp3) is 0.115. The highest BCUT2D eigenvalue weighted by Crippen LogP contribution is 2.25. The van der Waals surface area contributed by atoms with Crippen molar-refractivity contribution in [2.75, 3.05) is 13.6 Å². The van der Waals surface area contributed by atoms with Crippen LogP contribution in [0, 0.1) is 0 Å². The van der Waals surface area contributed by atoms with Gasteiger partial charge in [-0.1, -0.05) is 90.0 Å². The molecule has 5 nitrogen and oxygen atoms in total. The third-order valence-electron chi connectivity index (χ3n) is 4.84. The van der Waals surface area contributed by atoms with Crippen LogP contribution in [0.5, 0.6) is 0 Å². The van der Waals surface area contributed by atoms with Gasteiger partial charge in [-0.25, -0.2) is 0 Å². The molecule has 0 saturated carbocycles. The van der Waals surface area contributed by atoms with Crippen molar-refractivity contribution in [2.45, 2.75) is 6.54 Å². The van der Waals surface area contributed by atoms with Crippen molar-refractivity contribution in [3.8, 4) is 0 Å². The SMILES string of the molecule is C=C(CN(C)Cc1ccccc1)C(=O)/C(=C\c1ccc(Cl)cc1)c1ccc(N=[N+]=[N-])cc1. The van der Waals surface area contributed by atoms with Gasteiger partial charge >= 0.3 is 0 Å². The first-order chi connectivity index (χ1) is 15.5. The second-order valence-corrected chi connectivity index (χ2v) is 7.87. The Morgan fingerprint density at radius 1 is 1.06 bits per heavy atom. The fourth-order valence-corrected chi connectivity index (χ4v) is 3.43. The molecule has 0 atom stereocenters. The standard InChI is InChI=1S/C26H23ClN4O/c1-19(17-31(2)18-21-6-4-3-5-7-21)26(32)25(16-20-8-12-23(27)13-9-20)22-10-14-24(15-11-22)29-30-28/h3-16H,1,17-18H2,2H3/b25-16-. The number of benzene rings is 3. The zero-order valence-corrected chi connectivity index (χ0v) is 18.5. The minimum Gasteiger partial charge on any atom is -0.298 e. The van der Waals surface area contributed by atoms with Gasteiger partial charge in [-0.2, -0.15) is 0 Å². The van der Waals surface area contributed by atoms with Crippen molar-refractivity contribution < 1.29 is 4.79 Å². The molecule has 0 aliphatic rings. The summed E-state index contributed by atoms with van der Waals surface area (Å²) in [4.78, 5) is 18.3. The van der Waals surface area contributed by atoms with Crippen LogP contribution in [0.3, 0.4) is 0 Å². The van der Waals surface area contributed by atoms with E-state index < -0.39 is 0 Å².